The van der Waals surface area contributed by atoms with E-state index in [1.54, 1.807) is 0 Å². The van der Waals surface area contributed by atoms with E-state index in [0.717, 1.165) is 36.6 Å². The molecule has 0 fully saturated rings. The van der Waals surface area contributed by atoms with Crippen LogP contribution >= 0.6 is 12.2 Å². The molecule has 1 N–H and O–H groups in total. The zero-order chi connectivity index (χ0) is 17.6. The Morgan fingerprint density at radius 2 is 1.84 bits per heavy atom. The fourth-order valence-electron chi connectivity index (χ4n) is 2.78. The molecule has 130 valence electrons. The molecule has 0 aliphatic rings. The van der Waals surface area contributed by atoms with Crippen LogP contribution in [-0.4, -0.2) is 21.4 Å². The summed E-state index contributed by atoms with van der Waals surface area (Å²) in [6.07, 6.45) is 2.19. The molecule has 3 aromatic rings. The summed E-state index contributed by atoms with van der Waals surface area (Å²) in [5.41, 5.74) is 2.21. The van der Waals surface area contributed by atoms with Gasteiger partial charge in [0.25, 0.3) is 0 Å². The first-order valence-electron chi connectivity index (χ1n) is 8.65. The molecule has 0 aliphatic heterocycles. The van der Waals surface area contributed by atoms with Crippen molar-refractivity contribution in [2.75, 3.05) is 6.61 Å². The van der Waals surface area contributed by atoms with Gasteiger partial charge in [-0.05, 0) is 55.4 Å². The summed E-state index contributed by atoms with van der Waals surface area (Å²) in [7, 11) is 0. The van der Waals surface area contributed by atoms with Gasteiger partial charge in [0.2, 0.25) is 0 Å². The highest BCUT2D eigenvalue weighted by atomic mass is 32.1. The van der Waals surface area contributed by atoms with Crippen LogP contribution in [0.15, 0.2) is 54.6 Å². The number of unbranched alkanes of at least 4 members (excludes halogenated alkanes) is 1. The Labute approximate surface area is 153 Å². The minimum absolute atomic E-state index is 0.0999. The minimum Gasteiger partial charge on any atom is -0.494 e. The predicted octanol–water partition coefficient (Wildman–Crippen LogP) is 5.40. The first-order chi connectivity index (χ1) is 12.2. The summed E-state index contributed by atoms with van der Waals surface area (Å²) in [4.78, 5) is 0. The molecule has 0 saturated heterocycles. The summed E-state index contributed by atoms with van der Waals surface area (Å²) < 4.78 is 8.41. The summed E-state index contributed by atoms with van der Waals surface area (Å²) >= 11 is 5.47. The van der Waals surface area contributed by atoms with Crippen molar-refractivity contribution < 1.29 is 4.74 Å². The average molecular weight is 353 g/mol. The molecule has 1 atom stereocenters. The van der Waals surface area contributed by atoms with Crippen LogP contribution in [0.1, 0.15) is 38.3 Å². The highest BCUT2D eigenvalue weighted by molar-refractivity contribution is 7.71. The van der Waals surface area contributed by atoms with Gasteiger partial charge >= 0.3 is 0 Å². The normalized spacial score (nSPS) is 12.1. The maximum Gasteiger partial charge on any atom is 0.196 e. The number of H-pyrrole nitrogens is 1. The number of nitrogens with one attached hydrogen (secondary N) is 1. The summed E-state index contributed by atoms with van der Waals surface area (Å²) in [5.74, 6) is 1.72. The van der Waals surface area contributed by atoms with Crippen LogP contribution in [-0.2, 0) is 0 Å². The highest BCUT2D eigenvalue weighted by Crippen LogP contribution is 2.26. The summed E-state index contributed by atoms with van der Waals surface area (Å²) in [5, 5.41) is 7.37. The minimum atomic E-state index is 0.0999. The van der Waals surface area contributed by atoms with E-state index in [1.165, 1.54) is 5.56 Å². The van der Waals surface area contributed by atoms with Crippen LogP contribution in [0.4, 0.5) is 0 Å². The van der Waals surface area contributed by atoms with Crippen LogP contribution < -0.4 is 4.74 Å². The number of hydrogen-bond acceptors (Lipinski definition) is 3. The molecule has 2 aromatic carbocycles. The van der Waals surface area contributed by atoms with E-state index in [1.807, 2.05) is 42.5 Å². The maximum absolute atomic E-state index is 5.73. The topological polar surface area (TPSA) is 42.8 Å². The van der Waals surface area contributed by atoms with Gasteiger partial charge < -0.3 is 4.74 Å². The monoisotopic (exact) mass is 353 g/mol. The van der Waals surface area contributed by atoms with E-state index < -0.39 is 0 Å². The second kappa shape index (κ2) is 8.12. The van der Waals surface area contributed by atoms with Gasteiger partial charge in [0.1, 0.15) is 5.75 Å². The third-order valence-electron chi connectivity index (χ3n) is 4.25. The lowest BCUT2D eigenvalue weighted by atomic mass is 10.1. The molecule has 0 aliphatic carbocycles. The smallest absolute Gasteiger partial charge is 0.196 e. The molecule has 25 heavy (non-hydrogen) atoms. The van der Waals surface area contributed by atoms with Crippen molar-refractivity contribution >= 4 is 12.2 Å². The number of ether oxygens (including phenoxy) is 1. The van der Waals surface area contributed by atoms with Crippen molar-refractivity contribution in [1.29, 1.82) is 0 Å². The van der Waals surface area contributed by atoms with E-state index >= 15 is 0 Å². The van der Waals surface area contributed by atoms with Crippen LogP contribution in [0.25, 0.3) is 11.4 Å². The van der Waals surface area contributed by atoms with Crippen LogP contribution in [0.5, 0.6) is 5.75 Å². The number of aromatic amines is 1. The summed E-state index contributed by atoms with van der Waals surface area (Å²) in [6.45, 7) is 5.04. The Hall–Kier alpha value is -2.40. The second-order valence-corrected chi connectivity index (χ2v) is 6.42. The molecular formula is C20H23N3OS. The number of rotatable bonds is 7. The van der Waals surface area contributed by atoms with Crippen molar-refractivity contribution in [3.8, 4) is 17.1 Å². The lowest BCUT2D eigenvalue weighted by Crippen LogP contribution is -2.08. The molecule has 0 radical (unpaired) electrons. The molecule has 0 amide bonds. The second-order valence-electron chi connectivity index (χ2n) is 6.04. The molecule has 3 rings (SSSR count). The van der Waals surface area contributed by atoms with Crippen LogP contribution in [0.3, 0.4) is 0 Å². The molecule has 0 spiro atoms. The fraction of sp³-hybridized carbons (Fsp3) is 0.300. The van der Waals surface area contributed by atoms with Crippen LogP contribution in [0.2, 0.25) is 0 Å². The maximum atomic E-state index is 5.73. The number of hydrogen-bond donors (Lipinski definition) is 1. The van der Waals surface area contributed by atoms with E-state index in [-0.39, 0.29) is 6.04 Å². The fourth-order valence-corrected chi connectivity index (χ4v) is 3.07. The third kappa shape index (κ3) is 3.99. The van der Waals surface area contributed by atoms with E-state index in [0.29, 0.717) is 4.77 Å². The van der Waals surface area contributed by atoms with Gasteiger partial charge in [-0.15, -0.1) is 0 Å². The van der Waals surface area contributed by atoms with Crippen molar-refractivity contribution in [1.82, 2.24) is 14.8 Å². The van der Waals surface area contributed by atoms with Crippen LogP contribution in [0, 0.1) is 4.77 Å². The van der Waals surface area contributed by atoms with E-state index in [4.69, 9.17) is 17.0 Å². The van der Waals surface area contributed by atoms with E-state index in [9.17, 15) is 0 Å². The van der Waals surface area contributed by atoms with Gasteiger partial charge in [0.15, 0.2) is 10.6 Å². The van der Waals surface area contributed by atoms with Crippen molar-refractivity contribution in [2.24, 2.45) is 0 Å². The number of aromatic nitrogens is 3. The Kier molecular flexibility index (Phi) is 5.66. The van der Waals surface area contributed by atoms with Gasteiger partial charge in [-0.25, -0.2) is 0 Å². The lowest BCUT2D eigenvalue weighted by Gasteiger charge is -2.16. The molecule has 0 saturated carbocycles. The first kappa shape index (κ1) is 17.4. The molecule has 1 unspecified atom stereocenters. The number of benzene rings is 2. The van der Waals surface area contributed by atoms with Gasteiger partial charge in [0.05, 0.1) is 12.6 Å². The lowest BCUT2D eigenvalue weighted by molar-refractivity contribution is 0.309. The zero-order valence-corrected chi connectivity index (χ0v) is 15.4. The Bertz CT molecular complexity index is 853. The Morgan fingerprint density at radius 3 is 2.52 bits per heavy atom. The van der Waals surface area contributed by atoms with Gasteiger partial charge in [-0.1, -0.05) is 43.7 Å². The largest absolute Gasteiger partial charge is 0.494 e. The molecule has 0 bridgehead atoms. The third-order valence-corrected chi connectivity index (χ3v) is 4.54. The average Bonchev–Trinajstić information content (AvgIpc) is 3.04. The van der Waals surface area contributed by atoms with Crippen molar-refractivity contribution in [3.63, 3.8) is 0 Å². The van der Waals surface area contributed by atoms with Gasteiger partial charge in [-0.2, -0.15) is 5.10 Å². The zero-order valence-electron chi connectivity index (χ0n) is 14.6. The standard InChI is InChI=1S/C20H23N3OS/c1-3-4-14-24-18-12-10-17(11-13-18)19-21-22-20(25)23(19)15(2)16-8-6-5-7-9-16/h5-13,15H,3-4,14H2,1-2H3,(H,22,25). The SMILES string of the molecule is CCCCOc1ccc(-c2n[nH]c(=S)n2C(C)c2ccccc2)cc1. The molecular weight excluding hydrogens is 330 g/mol. The van der Waals surface area contributed by atoms with E-state index in [2.05, 4.69) is 40.7 Å². The Morgan fingerprint density at radius 1 is 1.12 bits per heavy atom. The highest BCUT2D eigenvalue weighted by Gasteiger charge is 2.16. The Balaban J connectivity index is 1.87. The number of nitrogens with zero attached hydrogens (tertiary/aromatic N) is 2. The van der Waals surface area contributed by atoms with Gasteiger partial charge in [0, 0.05) is 5.56 Å². The quantitative estimate of drug-likeness (QED) is 0.457. The molecule has 1 heterocycles. The van der Waals surface area contributed by atoms with Crippen molar-refractivity contribution in [2.45, 2.75) is 32.7 Å². The molecule has 1 aromatic heterocycles. The molecule has 5 heteroatoms. The predicted molar refractivity (Wildman–Crippen MR) is 104 cm³/mol. The molecule has 4 nitrogen and oxygen atoms in total. The first-order valence-corrected chi connectivity index (χ1v) is 9.06. The van der Waals surface area contributed by atoms with Crippen molar-refractivity contribution in [3.05, 3.63) is 64.9 Å². The van der Waals surface area contributed by atoms with Gasteiger partial charge in [-0.3, -0.25) is 9.67 Å². The summed E-state index contributed by atoms with van der Waals surface area (Å²) in [6, 6.07) is 18.4.